The van der Waals surface area contributed by atoms with Crippen molar-refractivity contribution >= 4 is 11.7 Å². The number of phenolic OH excluding ortho intramolecular Hbond substituents is 1. The lowest BCUT2D eigenvalue weighted by Gasteiger charge is -2.03. The van der Waals surface area contributed by atoms with Gasteiger partial charge in [0.1, 0.15) is 11.5 Å². The third-order valence-corrected chi connectivity index (χ3v) is 1.64. The quantitative estimate of drug-likeness (QED) is 0.561. The molecule has 1 aromatic rings. The van der Waals surface area contributed by atoms with Crippen LogP contribution < -0.4 is 0 Å². The molecule has 0 heterocycles. The van der Waals surface area contributed by atoms with Crippen molar-refractivity contribution in [3.05, 3.63) is 29.8 Å². The summed E-state index contributed by atoms with van der Waals surface area (Å²) in [6, 6.07) is 5.83. The summed E-state index contributed by atoms with van der Waals surface area (Å²) in [5.41, 5.74) is 0.230. The topological polar surface area (TPSA) is 70.4 Å². The zero-order chi connectivity index (χ0) is 10.6. The molecule has 74 valence electrons. The molecule has 0 fully saturated rings. The van der Waals surface area contributed by atoms with E-state index in [1.54, 1.807) is 6.92 Å². The fourth-order valence-corrected chi connectivity index (χ4v) is 0.949. The normalized spacial score (nSPS) is 9.50. The molecule has 14 heavy (non-hydrogen) atoms. The second-order valence-corrected chi connectivity index (χ2v) is 2.64. The largest absolute Gasteiger partial charge is 0.508 e. The van der Waals surface area contributed by atoms with Gasteiger partial charge < -0.3 is 9.84 Å². The van der Waals surface area contributed by atoms with Gasteiger partial charge in [-0.25, -0.2) is 4.79 Å². The van der Waals surface area contributed by atoms with Crippen molar-refractivity contribution in [3.63, 3.8) is 0 Å². The van der Waals surface area contributed by atoms with Gasteiger partial charge in [0.2, 0.25) is 0 Å². The number of phenols is 1. The van der Waals surface area contributed by atoms with Crippen molar-refractivity contribution in [1.29, 1.82) is 5.41 Å². The Morgan fingerprint density at radius 2 is 2.00 bits per heavy atom. The minimum Gasteiger partial charge on any atom is -0.508 e. The molecule has 0 atom stereocenters. The Balaban J connectivity index is 2.79. The van der Waals surface area contributed by atoms with Gasteiger partial charge in [-0.2, -0.15) is 0 Å². The molecular weight excluding hydrogens is 182 g/mol. The van der Waals surface area contributed by atoms with E-state index in [0.717, 1.165) is 0 Å². The molecule has 4 heteroatoms. The molecule has 0 radical (unpaired) electrons. The fourth-order valence-electron chi connectivity index (χ4n) is 0.949. The van der Waals surface area contributed by atoms with E-state index in [2.05, 4.69) is 4.74 Å². The summed E-state index contributed by atoms with van der Waals surface area (Å²) in [6.07, 6.45) is 0. The van der Waals surface area contributed by atoms with Crippen LogP contribution in [0.3, 0.4) is 0 Å². The lowest BCUT2D eigenvalue weighted by atomic mass is 10.1. The van der Waals surface area contributed by atoms with Crippen LogP contribution in [0.2, 0.25) is 0 Å². The molecule has 0 aromatic heterocycles. The van der Waals surface area contributed by atoms with Gasteiger partial charge in [-0.15, -0.1) is 0 Å². The third kappa shape index (κ3) is 2.32. The Labute approximate surface area is 81.6 Å². The second kappa shape index (κ2) is 4.41. The molecule has 4 nitrogen and oxygen atoms in total. The number of carbonyl (C=O) groups is 1. The molecule has 0 saturated heterocycles. The van der Waals surface area contributed by atoms with Crippen molar-refractivity contribution < 1.29 is 14.6 Å². The molecule has 0 saturated carbocycles. The van der Waals surface area contributed by atoms with Crippen molar-refractivity contribution in [1.82, 2.24) is 0 Å². The number of carbonyl (C=O) groups excluding carboxylic acids is 1. The first kappa shape index (κ1) is 10.2. The molecule has 0 unspecified atom stereocenters. The molecule has 0 aliphatic heterocycles. The highest BCUT2D eigenvalue weighted by Gasteiger charge is 2.12. The summed E-state index contributed by atoms with van der Waals surface area (Å²) in [5, 5.41) is 16.4. The molecule has 0 bridgehead atoms. The maximum atomic E-state index is 11.1. The Morgan fingerprint density at radius 3 is 2.50 bits per heavy atom. The summed E-state index contributed by atoms with van der Waals surface area (Å²) in [5.74, 6) is -0.552. The van der Waals surface area contributed by atoms with E-state index in [9.17, 15) is 4.79 Å². The molecular formula is C10H11NO3. The van der Waals surface area contributed by atoms with E-state index in [1.165, 1.54) is 24.3 Å². The van der Waals surface area contributed by atoms with Crippen LogP contribution >= 0.6 is 0 Å². The minimum absolute atomic E-state index is 0.102. The summed E-state index contributed by atoms with van der Waals surface area (Å²) < 4.78 is 4.66. The van der Waals surface area contributed by atoms with Gasteiger partial charge in [-0.3, -0.25) is 5.41 Å². The highest BCUT2D eigenvalue weighted by molar-refractivity contribution is 6.41. The molecule has 0 spiro atoms. The fraction of sp³-hybridized carbons (Fsp3) is 0.200. The average molecular weight is 193 g/mol. The van der Waals surface area contributed by atoms with Gasteiger partial charge in [-0.1, -0.05) is 0 Å². The predicted octanol–water partition coefficient (Wildman–Crippen LogP) is 1.32. The van der Waals surface area contributed by atoms with E-state index in [0.29, 0.717) is 5.56 Å². The maximum Gasteiger partial charge on any atom is 0.356 e. The lowest BCUT2D eigenvalue weighted by Crippen LogP contribution is -2.17. The maximum absolute atomic E-state index is 11.1. The summed E-state index contributed by atoms with van der Waals surface area (Å²) in [4.78, 5) is 11.1. The highest BCUT2D eigenvalue weighted by Crippen LogP contribution is 2.10. The Hall–Kier alpha value is -1.84. The highest BCUT2D eigenvalue weighted by atomic mass is 16.5. The molecule has 0 aliphatic carbocycles. The van der Waals surface area contributed by atoms with Crippen LogP contribution in [-0.2, 0) is 9.53 Å². The number of ether oxygens (including phenoxy) is 1. The molecule has 1 rings (SSSR count). The van der Waals surface area contributed by atoms with E-state index >= 15 is 0 Å². The number of aromatic hydroxyl groups is 1. The van der Waals surface area contributed by atoms with Crippen LogP contribution in [0.4, 0.5) is 0 Å². The number of benzene rings is 1. The van der Waals surface area contributed by atoms with E-state index in [1.807, 2.05) is 0 Å². The summed E-state index contributed by atoms with van der Waals surface area (Å²) in [7, 11) is 0. The van der Waals surface area contributed by atoms with Crippen LogP contribution in [0.25, 0.3) is 0 Å². The predicted molar refractivity (Wildman–Crippen MR) is 51.6 cm³/mol. The molecule has 1 aromatic carbocycles. The SMILES string of the molecule is CCOC(=O)C(=N)c1ccc(O)cc1. The van der Waals surface area contributed by atoms with Crippen LogP contribution in [-0.4, -0.2) is 23.4 Å². The van der Waals surface area contributed by atoms with Crippen molar-refractivity contribution in [2.24, 2.45) is 0 Å². The summed E-state index contributed by atoms with van der Waals surface area (Å²) in [6.45, 7) is 1.93. The zero-order valence-corrected chi connectivity index (χ0v) is 7.78. The Morgan fingerprint density at radius 1 is 1.43 bits per heavy atom. The van der Waals surface area contributed by atoms with Crippen molar-refractivity contribution in [2.45, 2.75) is 6.92 Å². The van der Waals surface area contributed by atoms with E-state index in [-0.39, 0.29) is 18.1 Å². The van der Waals surface area contributed by atoms with Gasteiger partial charge in [0.15, 0.2) is 0 Å². The number of esters is 1. The van der Waals surface area contributed by atoms with E-state index < -0.39 is 5.97 Å². The Bertz CT molecular complexity index is 343. The van der Waals surface area contributed by atoms with Crippen LogP contribution in [0.15, 0.2) is 24.3 Å². The lowest BCUT2D eigenvalue weighted by molar-refractivity contribution is -0.135. The van der Waals surface area contributed by atoms with E-state index in [4.69, 9.17) is 10.5 Å². The smallest absolute Gasteiger partial charge is 0.356 e. The van der Waals surface area contributed by atoms with Crippen LogP contribution in [0.1, 0.15) is 12.5 Å². The molecule has 2 N–H and O–H groups in total. The second-order valence-electron chi connectivity index (χ2n) is 2.64. The van der Waals surface area contributed by atoms with Gasteiger partial charge in [0.25, 0.3) is 0 Å². The Kier molecular flexibility index (Phi) is 3.23. The van der Waals surface area contributed by atoms with Gasteiger partial charge in [0, 0.05) is 5.56 Å². The third-order valence-electron chi connectivity index (χ3n) is 1.64. The number of hydrogen-bond donors (Lipinski definition) is 2. The minimum atomic E-state index is -0.654. The van der Waals surface area contributed by atoms with Gasteiger partial charge in [-0.05, 0) is 31.2 Å². The van der Waals surface area contributed by atoms with Crippen LogP contribution in [0, 0.1) is 5.41 Å². The van der Waals surface area contributed by atoms with Crippen molar-refractivity contribution in [3.8, 4) is 5.75 Å². The first-order valence-corrected chi connectivity index (χ1v) is 4.20. The van der Waals surface area contributed by atoms with Gasteiger partial charge >= 0.3 is 5.97 Å². The first-order valence-electron chi connectivity index (χ1n) is 4.20. The number of hydrogen-bond acceptors (Lipinski definition) is 4. The van der Waals surface area contributed by atoms with Crippen molar-refractivity contribution in [2.75, 3.05) is 6.61 Å². The molecule has 0 aliphatic rings. The standard InChI is InChI=1S/C10H11NO3/c1-2-14-10(13)9(11)7-3-5-8(12)6-4-7/h3-6,11-12H,2H2,1H3. The monoisotopic (exact) mass is 193 g/mol. The number of rotatable bonds is 3. The molecule has 0 amide bonds. The van der Waals surface area contributed by atoms with Gasteiger partial charge in [0.05, 0.1) is 6.61 Å². The average Bonchev–Trinajstić information content (AvgIpc) is 2.18. The number of nitrogens with one attached hydrogen (secondary N) is 1. The summed E-state index contributed by atoms with van der Waals surface area (Å²) >= 11 is 0. The first-order chi connectivity index (χ1) is 6.65. The van der Waals surface area contributed by atoms with Crippen LogP contribution in [0.5, 0.6) is 5.75 Å². The zero-order valence-electron chi connectivity index (χ0n) is 7.78.